The van der Waals surface area contributed by atoms with Crippen molar-refractivity contribution in [2.45, 2.75) is 31.0 Å². The zero-order valence-corrected chi connectivity index (χ0v) is 36.7. The summed E-state index contributed by atoms with van der Waals surface area (Å²) in [5.74, 6) is -4.07. The highest BCUT2D eigenvalue weighted by Crippen LogP contribution is 2.34. The number of carbonyl (C=O) groups is 7. The molecule has 0 spiro atoms. The van der Waals surface area contributed by atoms with Crippen LogP contribution in [-0.4, -0.2) is 96.8 Å². The Labute approximate surface area is 390 Å². The molecule has 2 aliphatic heterocycles. The summed E-state index contributed by atoms with van der Waals surface area (Å²) in [6, 6.07) is 33.5. The number of amides is 7. The van der Waals surface area contributed by atoms with E-state index in [-0.39, 0.29) is 69.2 Å². The van der Waals surface area contributed by atoms with Crippen LogP contribution in [0.15, 0.2) is 150 Å². The fourth-order valence-corrected chi connectivity index (χ4v) is 8.06. The predicted octanol–water partition coefficient (Wildman–Crippen LogP) is 5.25. The largest absolute Gasteiger partial charge is 0.459 e. The van der Waals surface area contributed by atoms with Gasteiger partial charge in [-0.3, -0.25) is 53.7 Å². The van der Waals surface area contributed by atoms with E-state index in [1.54, 1.807) is 79.0 Å². The van der Waals surface area contributed by atoms with Gasteiger partial charge in [0, 0.05) is 48.8 Å². The Balaban J connectivity index is 0.862. The average Bonchev–Trinajstić information content (AvgIpc) is 4.00. The summed E-state index contributed by atoms with van der Waals surface area (Å²) in [6.07, 6.45) is 4.53. The molecule has 17 nitrogen and oxygen atoms in total. The minimum Gasteiger partial charge on any atom is -0.459 e. The molecule has 0 saturated carbocycles. The number of aromatic nitrogens is 1. The first kappa shape index (κ1) is 46.3. The van der Waals surface area contributed by atoms with Crippen molar-refractivity contribution in [1.29, 1.82) is 0 Å². The highest BCUT2D eigenvalue weighted by atomic mass is 16.5. The molecule has 0 radical (unpaired) electrons. The Morgan fingerprint density at radius 1 is 0.735 bits per heavy atom. The van der Waals surface area contributed by atoms with Gasteiger partial charge in [0.1, 0.15) is 18.1 Å². The van der Waals surface area contributed by atoms with Crippen LogP contribution in [0.25, 0.3) is 11.1 Å². The van der Waals surface area contributed by atoms with Gasteiger partial charge in [-0.1, -0.05) is 84.9 Å². The van der Waals surface area contributed by atoms with Crippen molar-refractivity contribution in [2.24, 2.45) is 0 Å². The summed E-state index contributed by atoms with van der Waals surface area (Å²) in [7, 11) is 0. The Morgan fingerprint density at radius 2 is 1.44 bits per heavy atom. The lowest BCUT2D eigenvalue weighted by molar-refractivity contribution is -0.136. The third kappa shape index (κ3) is 10.5. The number of nitrogens with zero attached hydrogens (tertiary/aromatic N) is 3. The van der Waals surface area contributed by atoms with Crippen molar-refractivity contribution in [1.82, 2.24) is 25.8 Å². The van der Waals surface area contributed by atoms with E-state index < -0.39 is 59.5 Å². The molecule has 68 heavy (non-hydrogen) atoms. The van der Waals surface area contributed by atoms with Crippen molar-refractivity contribution < 1.29 is 47.5 Å². The Kier molecular flexibility index (Phi) is 14.8. The van der Waals surface area contributed by atoms with Crippen LogP contribution in [0, 0.1) is 0 Å². The van der Waals surface area contributed by atoms with Crippen LogP contribution in [0.4, 0.5) is 11.4 Å². The standard InChI is InChI=1S/C51H47N7O10/c59-42-23-22-40(46(60)55-42)58-49(63)38-15-7-16-39(43(38)51(58)65)53-25-28-66-30-31-67-29-26-54-47(61)44(35-12-5-2-6-13-35)56-48(62)45(36-14-8-24-52-32-36)57(50(64)41-17-9-27-68-41)37-20-18-34(19-21-37)33-10-3-1-4-11-33/h1-21,24,27,32,40,44-45,53H,22-23,25-26,28-31H2,(H,54,61)(H,56,62)(H,55,59,60). The number of furan rings is 1. The maximum Gasteiger partial charge on any atom is 0.294 e. The van der Waals surface area contributed by atoms with Crippen LogP contribution >= 0.6 is 0 Å². The number of fused-ring (bicyclic) bond motifs is 1. The fraction of sp³-hybridized carbons (Fsp3) is 0.216. The molecule has 4 aromatic carbocycles. The van der Waals surface area contributed by atoms with Crippen molar-refractivity contribution >= 4 is 52.7 Å². The second kappa shape index (κ2) is 21.8. The number of hydrogen-bond donors (Lipinski definition) is 4. The molecule has 6 aromatic rings. The Morgan fingerprint density at radius 3 is 2.13 bits per heavy atom. The molecule has 3 unspecified atom stereocenters. The summed E-state index contributed by atoms with van der Waals surface area (Å²) in [5.41, 5.74) is 3.92. The van der Waals surface area contributed by atoms with E-state index in [2.05, 4.69) is 26.3 Å². The number of imide groups is 2. The molecule has 7 amide bonds. The molecule has 346 valence electrons. The van der Waals surface area contributed by atoms with Crippen molar-refractivity contribution in [3.05, 3.63) is 174 Å². The zero-order chi connectivity index (χ0) is 47.4. The third-order valence-corrected chi connectivity index (χ3v) is 11.3. The van der Waals surface area contributed by atoms with E-state index in [1.165, 1.54) is 29.5 Å². The lowest BCUT2D eigenvalue weighted by atomic mass is 10.0. The van der Waals surface area contributed by atoms with Gasteiger partial charge in [-0.2, -0.15) is 0 Å². The number of hydrogen-bond acceptors (Lipinski definition) is 12. The normalized spacial score (nSPS) is 15.2. The third-order valence-electron chi connectivity index (χ3n) is 11.3. The molecule has 17 heteroatoms. The van der Waals surface area contributed by atoms with Crippen LogP contribution in [0.1, 0.15) is 67.3 Å². The van der Waals surface area contributed by atoms with Crippen LogP contribution in [-0.2, 0) is 28.7 Å². The van der Waals surface area contributed by atoms with E-state index >= 15 is 0 Å². The fourth-order valence-electron chi connectivity index (χ4n) is 8.06. The van der Waals surface area contributed by atoms with Gasteiger partial charge in [-0.15, -0.1) is 0 Å². The number of ether oxygens (including phenoxy) is 2. The maximum atomic E-state index is 14.7. The Hall–Kier alpha value is -8.28. The van der Waals surface area contributed by atoms with E-state index in [0.29, 0.717) is 22.5 Å². The smallest absolute Gasteiger partial charge is 0.294 e. The molecule has 4 N–H and O–H groups in total. The Bertz CT molecular complexity index is 2760. The number of rotatable bonds is 20. The first-order valence-corrected chi connectivity index (χ1v) is 22.0. The number of nitrogens with one attached hydrogen (secondary N) is 4. The first-order valence-electron chi connectivity index (χ1n) is 22.0. The molecule has 2 aliphatic rings. The minimum atomic E-state index is -1.29. The minimum absolute atomic E-state index is 0.00587. The second-order valence-electron chi connectivity index (χ2n) is 15.7. The topological polar surface area (TPSA) is 219 Å². The molecule has 4 heterocycles. The molecular formula is C51H47N7O10. The average molecular weight is 918 g/mol. The van der Waals surface area contributed by atoms with Crippen molar-refractivity contribution in [3.63, 3.8) is 0 Å². The summed E-state index contributed by atoms with van der Waals surface area (Å²) < 4.78 is 17.0. The van der Waals surface area contributed by atoms with Gasteiger partial charge < -0.3 is 29.8 Å². The maximum absolute atomic E-state index is 14.7. The SMILES string of the molecule is O=C1CCC(N2C(=O)c3cccc(NCCOCCOCCNC(=O)C(NC(=O)C(c4cccnc4)N(C(=O)c4ccco4)c4ccc(-c5ccccc5)cc4)c4ccccc4)c3C2=O)C(=O)N1. The number of piperidine rings is 1. The van der Waals surface area contributed by atoms with Crippen LogP contribution in [0.2, 0.25) is 0 Å². The van der Waals surface area contributed by atoms with Crippen LogP contribution in [0.3, 0.4) is 0 Å². The number of benzene rings is 4. The highest BCUT2D eigenvalue weighted by Gasteiger charge is 2.45. The molecule has 0 aliphatic carbocycles. The van der Waals surface area contributed by atoms with Gasteiger partial charge in [-0.25, -0.2) is 0 Å². The monoisotopic (exact) mass is 917 g/mol. The van der Waals surface area contributed by atoms with Gasteiger partial charge in [0.15, 0.2) is 5.76 Å². The quantitative estimate of drug-likeness (QED) is 0.0571. The van der Waals surface area contributed by atoms with E-state index in [1.807, 2.05) is 42.5 Å². The van der Waals surface area contributed by atoms with Crippen LogP contribution in [0.5, 0.6) is 0 Å². The van der Waals surface area contributed by atoms with Gasteiger partial charge >= 0.3 is 0 Å². The second-order valence-corrected chi connectivity index (χ2v) is 15.7. The van der Waals surface area contributed by atoms with Crippen molar-refractivity contribution in [3.8, 4) is 11.1 Å². The molecule has 8 rings (SSSR count). The molecular weight excluding hydrogens is 871 g/mol. The molecule has 1 fully saturated rings. The number of carbonyl (C=O) groups excluding carboxylic acids is 7. The van der Waals surface area contributed by atoms with E-state index in [9.17, 15) is 33.6 Å². The summed E-state index contributed by atoms with van der Waals surface area (Å²) >= 11 is 0. The van der Waals surface area contributed by atoms with Crippen molar-refractivity contribution in [2.75, 3.05) is 49.7 Å². The zero-order valence-electron chi connectivity index (χ0n) is 36.7. The number of anilines is 2. The molecule has 1 saturated heterocycles. The molecule has 2 aromatic heterocycles. The summed E-state index contributed by atoms with van der Waals surface area (Å²) in [4.78, 5) is 100. The summed E-state index contributed by atoms with van der Waals surface area (Å²) in [6.45, 7) is 1.15. The lowest BCUT2D eigenvalue weighted by Gasteiger charge is -2.32. The van der Waals surface area contributed by atoms with Gasteiger partial charge in [0.2, 0.25) is 23.6 Å². The number of pyridine rings is 1. The van der Waals surface area contributed by atoms with Gasteiger partial charge in [0.25, 0.3) is 17.7 Å². The molecule has 0 bridgehead atoms. The lowest BCUT2D eigenvalue weighted by Crippen LogP contribution is -2.54. The van der Waals surface area contributed by atoms with Gasteiger partial charge in [0.05, 0.1) is 43.8 Å². The molecule has 3 atom stereocenters. The highest BCUT2D eigenvalue weighted by molar-refractivity contribution is 6.25. The van der Waals surface area contributed by atoms with Crippen LogP contribution < -0.4 is 26.2 Å². The van der Waals surface area contributed by atoms with E-state index in [4.69, 9.17) is 13.9 Å². The first-order chi connectivity index (χ1) is 33.2. The van der Waals surface area contributed by atoms with Gasteiger partial charge in [-0.05, 0) is 65.6 Å². The summed E-state index contributed by atoms with van der Waals surface area (Å²) in [5, 5.41) is 11.1. The predicted molar refractivity (Wildman–Crippen MR) is 248 cm³/mol. The van der Waals surface area contributed by atoms with E-state index in [0.717, 1.165) is 16.0 Å².